The lowest BCUT2D eigenvalue weighted by molar-refractivity contribution is -0.129. The highest BCUT2D eigenvalue weighted by molar-refractivity contribution is 8.02. The molecule has 0 aromatic heterocycles. The first-order valence-corrected chi connectivity index (χ1v) is 6.65. The van der Waals surface area contributed by atoms with Crippen LogP contribution in [0.15, 0.2) is 0 Å². The van der Waals surface area contributed by atoms with Gasteiger partial charge in [0.15, 0.2) is 0 Å². The van der Waals surface area contributed by atoms with Gasteiger partial charge in [-0.1, -0.05) is 6.42 Å². The van der Waals surface area contributed by atoms with Crippen molar-refractivity contribution in [2.45, 2.75) is 48.6 Å². The largest absolute Gasteiger partial charge is 0.327 e. The molecule has 2 spiro atoms. The minimum Gasteiger partial charge on any atom is -0.327 e. The number of rotatable bonds is 0. The van der Waals surface area contributed by atoms with Crippen LogP contribution in [0.5, 0.6) is 0 Å². The van der Waals surface area contributed by atoms with Crippen LogP contribution in [0, 0.1) is 5.41 Å². The number of hydrogen-bond acceptors (Lipinski definition) is 2. The molecule has 4 fully saturated rings. The van der Waals surface area contributed by atoms with E-state index < -0.39 is 0 Å². The van der Waals surface area contributed by atoms with Gasteiger partial charge in [0.2, 0.25) is 5.91 Å². The minimum atomic E-state index is 0.297. The Bertz CT molecular complexity index is 331. The first-order chi connectivity index (χ1) is 6.79. The second-order valence-electron chi connectivity index (χ2n) is 5.23. The van der Waals surface area contributed by atoms with E-state index in [-0.39, 0.29) is 0 Å². The Hall–Kier alpha value is -0.180. The molecule has 3 atom stereocenters. The highest BCUT2D eigenvalue weighted by atomic mass is 32.2. The topological polar surface area (TPSA) is 20.3 Å². The Morgan fingerprint density at radius 2 is 2.29 bits per heavy atom. The number of carbonyl (C=O) groups excluding carboxylic acids is 1. The van der Waals surface area contributed by atoms with Crippen molar-refractivity contribution in [1.29, 1.82) is 0 Å². The summed E-state index contributed by atoms with van der Waals surface area (Å²) in [7, 11) is 0. The van der Waals surface area contributed by atoms with Gasteiger partial charge in [0, 0.05) is 23.6 Å². The maximum atomic E-state index is 11.7. The minimum absolute atomic E-state index is 0.297. The standard InChI is InChI=1S/C11H15NOS/c13-9-3-5-11-10(6-7-12(9)11)4-1-2-8(10)14-11/h8H,1-7H2. The predicted molar refractivity (Wildman–Crippen MR) is 56.0 cm³/mol. The van der Waals surface area contributed by atoms with E-state index >= 15 is 0 Å². The van der Waals surface area contributed by atoms with Crippen LogP contribution >= 0.6 is 11.8 Å². The molecular formula is C11H15NOS. The maximum Gasteiger partial charge on any atom is 0.223 e. The summed E-state index contributed by atoms with van der Waals surface area (Å²) in [4.78, 5) is 14.3. The molecule has 0 bridgehead atoms. The molecule has 2 nitrogen and oxygen atoms in total. The third-order valence-corrected chi connectivity index (χ3v) is 7.21. The summed E-state index contributed by atoms with van der Waals surface area (Å²) in [6, 6.07) is 0. The maximum absolute atomic E-state index is 11.7. The molecule has 0 aromatic carbocycles. The van der Waals surface area contributed by atoms with Gasteiger partial charge in [0.05, 0.1) is 4.87 Å². The first-order valence-electron chi connectivity index (χ1n) is 5.77. The van der Waals surface area contributed by atoms with E-state index in [9.17, 15) is 4.79 Å². The van der Waals surface area contributed by atoms with Gasteiger partial charge in [-0.2, -0.15) is 0 Å². The SMILES string of the molecule is O=C1CCC23SC4CCCC42CCN13. The summed E-state index contributed by atoms with van der Waals surface area (Å²) in [6.45, 7) is 1.06. The zero-order valence-corrected chi connectivity index (χ0v) is 9.11. The average molecular weight is 209 g/mol. The van der Waals surface area contributed by atoms with Gasteiger partial charge in [0.1, 0.15) is 0 Å². The molecule has 4 rings (SSSR count). The Morgan fingerprint density at radius 1 is 1.36 bits per heavy atom. The summed E-state index contributed by atoms with van der Waals surface area (Å²) in [5.41, 5.74) is 0.573. The lowest BCUT2D eigenvalue weighted by Crippen LogP contribution is -2.60. The average Bonchev–Trinajstić information content (AvgIpc) is 2.74. The fraction of sp³-hybridized carbons (Fsp3) is 0.909. The second-order valence-corrected chi connectivity index (χ2v) is 6.71. The van der Waals surface area contributed by atoms with E-state index in [0.717, 1.165) is 24.6 Å². The van der Waals surface area contributed by atoms with Gasteiger partial charge >= 0.3 is 0 Å². The van der Waals surface area contributed by atoms with Crippen LogP contribution in [-0.4, -0.2) is 27.5 Å². The van der Waals surface area contributed by atoms with Crippen molar-refractivity contribution in [2.75, 3.05) is 6.54 Å². The highest BCUT2D eigenvalue weighted by Gasteiger charge is 2.75. The van der Waals surface area contributed by atoms with Crippen molar-refractivity contribution in [2.24, 2.45) is 5.41 Å². The van der Waals surface area contributed by atoms with Crippen molar-refractivity contribution >= 4 is 17.7 Å². The summed E-state index contributed by atoms with van der Waals surface area (Å²) in [5.74, 6) is 0.430. The third-order valence-electron chi connectivity index (χ3n) is 5.02. The summed E-state index contributed by atoms with van der Waals surface area (Å²) >= 11 is 2.13. The molecule has 3 unspecified atom stereocenters. The zero-order chi connectivity index (χ0) is 9.39. The molecule has 1 aliphatic carbocycles. The summed E-state index contributed by atoms with van der Waals surface area (Å²) in [5, 5.41) is 0.901. The van der Waals surface area contributed by atoms with Crippen molar-refractivity contribution in [3.05, 3.63) is 0 Å². The van der Waals surface area contributed by atoms with Crippen LogP contribution in [0.2, 0.25) is 0 Å². The van der Waals surface area contributed by atoms with Crippen LogP contribution in [0.4, 0.5) is 0 Å². The molecule has 0 aromatic rings. The van der Waals surface area contributed by atoms with E-state index in [1.165, 1.54) is 25.7 Å². The predicted octanol–water partition coefficient (Wildman–Crippen LogP) is 1.99. The fourth-order valence-electron chi connectivity index (χ4n) is 4.44. The molecule has 14 heavy (non-hydrogen) atoms. The van der Waals surface area contributed by atoms with Gasteiger partial charge in [-0.25, -0.2) is 0 Å². The molecule has 0 radical (unpaired) electrons. The van der Waals surface area contributed by atoms with Gasteiger partial charge in [0.25, 0.3) is 0 Å². The van der Waals surface area contributed by atoms with Crippen LogP contribution < -0.4 is 0 Å². The normalized spacial score (nSPS) is 54.1. The van der Waals surface area contributed by atoms with Crippen molar-refractivity contribution in [3.63, 3.8) is 0 Å². The zero-order valence-electron chi connectivity index (χ0n) is 8.29. The van der Waals surface area contributed by atoms with Crippen LogP contribution in [0.25, 0.3) is 0 Å². The van der Waals surface area contributed by atoms with E-state index in [2.05, 4.69) is 16.7 Å². The smallest absolute Gasteiger partial charge is 0.223 e. The van der Waals surface area contributed by atoms with E-state index in [0.29, 0.717) is 16.2 Å². The Morgan fingerprint density at radius 3 is 3.14 bits per heavy atom. The van der Waals surface area contributed by atoms with Crippen molar-refractivity contribution in [3.8, 4) is 0 Å². The van der Waals surface area contributed by atoms with Crippen LogP contribution in [0.3, 0.4) is 0 Å². The number of carbonyl (C=O) groups is 1. The lowest BCUT2D eigenvalue weighted by Gasteiger charge is -2.57. The van der Waals surface area contributed by atoms with Crippen molar-refractivity contribution < 1.29 is 4.79 Å². The molecule has 3 aliphatic heterocycles. The van der Waals surface area contributed by atoms with Crippen LogP contribution in [0.1, 0.15) is 38.5 Å². The van der Waals surface area contributed by atoms with E-state index in [1.54, 1.807) is 0 Å². The molecular weight excluding hydrogens is 194 g/mol. The third kappa shape index (κ3) is 0.581. The molecule has 3 saturated heterocycles. The number of amides is 1. The Labute approximate surface area is 88.4 Å². The van der Waals surface area contributed by atoms with Gasteiger partial charge < -0.3 is 4.90 Å². The van der Waals surface area contributed by atoms with Gasteiger partial charge in [-0.3, -0.25) is 4.79 Å². The molecule has 0 N–H and O–H groups in total. The number of hydrogen-bond donors (Lipinski definition) is 0. The fourth-order valence-corrected chi connectivity index (χ4v) is 6.79. The first kappa shape index (κ1) is 8.03. The molecule has 76 valence electrons. The van der Waals surface area contributed by atoms with Crippen LogP contribution in [-0.2, 0) is 4.79 Å². The molecule has 3 heterocycles. The monoisotopic (exact) mass is 209 g/mol. The van der Waals surface area contributed by atoms with Crippen molar-refractivity contribution in [1.82, 2.24) is 4.90 Å². The molecule has 1 amide bonds. The summed E-state index contributed by atoms with van der Waals surface area (Å²) in [6.07, 6.45) is 7.48. The highest BCUT2D eigenvalue weighted by Crippen LogP contribution is 2.76. The molecule has 3 heteroatoms. The van der Waals surface area contributed by atoms with Gasteiger partial charge in [-0.15, -0.1) is 11.8 Å². The Kier molecular flexibility index (Phi) is 1.24. The Balaban J connectivity index is 1.82. The van der Waals surface area contributed by atoms with Gasteiger partial charge in [-0.05, 0) is 25.7 Å². The number of thioether (sulfide) groups is 1. The molecule has 4 aliphatic rings. The second kappa shape index (κ2) is 2.16. The lowest BCUT2D eigenvalue weighted by atomic mass is 9.75. The molecule has 1 saturated carbocycles. The van der Waals surface area contributed by atoms with E-state index in [4.69, 9.17) is 0 Å². The quantitative estimate of drug-likeness (QED) is 0.608. The van der Waals surface area contributed by atoms with E-state index in [1.807, 2.05) is 0 Å². The number of nitrogens with zero attached hydrogens (tertiary/aromatic N) is 1. The summed E-state index contributed by atoms with van der Waals surface area (Å²) < 4.78 is 0.